The Balaban J connectivity index is 2.61. The van der Waals surface area contributed by atoms with Crippen molar-refractivity contribution in [2.75, 3.05) is 18.0 Å². The molecule has 1 aliphatic rings. The monoisotopic (exact) mass is 293 g/mol. The van der Waals surface area contributed by atoms with Crippen LogP contribution in [-0.4, -0.2) is 28.7 Å². The Morgan fingerprint density at radius 3 is 2.10 bits per heavy atom. The number of hydrogen-bond acceptors (Lipinski definition) is 6. The van der Waals surface area contributed by atoms with Gasteiger partial charge in [0.2, 0.25) is 0 Å². The number of anilines is 1. The van der Waals surface area contributed by atoms with Gasteiger partial charge in [-0.1, -0.05) is 0 Å². The number of nitrogens with zero attached hydrogens (tertiary/aromatic N) is 3. The first kappa shape index (κ1) is 14.9. The zero-order valence-corrected chi connectivity index (χ0v) is 11.6. The predicted octanol–water partition coefficient (Wildman–Crippen LogP) is 2.70. The van der Waals surface area contributed by atoms with Gasteiger partial charge in [0, 0.05) is 25.2 Å². The Bertz CT molecular complexity index is 608. The maximum Gasteiger partial charge on any atom is 0.293 e. The van der Waals surface area contributed by atoms with E-state index in [2.05, 4.69) is 0 Å². The van der Waals surface area contributed by atoms with E-state index in [9.17, 15) is 25.0 Å². The highest BCUT2D eigenvalue weighted by Gasteiger charge is 2.29. The molecule has 0 spiro atoms. The fraction of sp³-hybridized carbons (Fsp3) is 0.462. The van der Waals surface area contributed by atoms with Crippen LogP contribution in [0.5, 0.6) is 0 Å². The summed E-state index contributed by atoms with van der Waals surface area (Å²) < 4.78 is 0. The minimum Gasteiger partial charge on any atom is -0.366 e. The van der Waals surface area contributed by atoms with Gasteiger partial charge in [0.25, 0.3) is 11.4 Å². The summed E-state index contributed by atoms with van der Waals surface area (Å²) in [5, 5.41) is 22.3. The van der Waals surface area contributed by atoms with Crippen LogP contribution in [0.3, 0.4) is 0 Å². The van der Waals surface area contributed by atoms with Gasteiger partial charge in [-0.3, -0.25) is 25.0 Å². The predicted molar refractivity (Wildman–Crippen MR) is 75.8 cm³/mol. The molecule has 1 fully saturated rings. The zero-order chi connectivity index (χ0) is 15.6. The number of piperidine rings is 1. The second-order valence-corrected chi connectivity index (χ2v) is 4.98. The maximum absolute atomic E-state index is 11.5. The number of rotatable bonds is 4. The number of hydrogen-bond donors (Lipinski definition) is 0. The molecule has 1 aliphatic heterocycles. The van der Waals surface area contributed by atoms with Crippen molar-refractivity contribution in [1.82, 2.24) is 0 Å². The number of nitro benzene ring substituents is 2. The van der Waals surface area contributed by atoms with Crippen LogP contribution in [0.25, 0.3) is 0 Å². The molecule has 1 aromatic carbocycles. The number of benzene rings is 1. The third-order valence-electron chi connectivity index (χ3n) is 3.56. The molecule has 1 saturated heterocycles. The summed E-state index contributed by atoms with van der Waals surface area (Å²) in [6.45, 7) is 2.40. The molecular formula is C13H15N3O5. The summed E-state index contributed by atoms with van der Waals surface area (Å²) in [6.07, 6.45) is 2.82. The van der Waals surface area contributed by atoms with Gasteiger partial charge in [0.15, 0.2) is 5.78 Å². The van der Waals surface area contributed by atoms with Gasteiger partial charge >= 0.3 is 0 Å². The Morgan fingerprint density at radius 1 is 1.05 bits per heavy atom. The minimum atomic E-state index is -0.673. The van der Waals surface area contributed by atoms with Crippen molar-refractivity contribution in [2.45, 2.75) is 26.2 Å². The molecule has 1 heterocycles. The van der Waals surface area contributed by atoms with Crippen LogP contribution in [0, 0.1) is 20.2 Å². The van der Waals surface area contributed by atoms with Crippen LogP contribution >= 0.6 is 0 Å². The maximum atomic E-state index is 11.5. The van der Waals surface area contributed by atoms with Crippen LogP contribution in [-0.2, 0) is 0 Å². The number of carbonyl (C=O) groups is 1. The first-order chi connectivity index (χ1) is 9.91. The first-order valence-corrected chi connectivity index (χ1v) is 6.64. The van der Waals surface area contributed by atoms with E-state index in [4.69, 9.17) is 0 Å². The van der Waals surface area contributed by atoms with Crippen molar-refractivity contribution >= 4 is 22.8 Å². The molecule has 0 bridgehead atoms. The summed E-state index contributed by atoms with van der Waals surface area (Å²) in [6, 6.07) is 2.17. The van der Waals surface area contributed by atoms with Crippen LogP contribution in [0.2, 0.25) is 0 Å². The summed E-state index contributed by atoms with van der Waals surface area (Å²) in [5.41, 5.74) is -0.648. The molecule has 0 aromatic heterocycles. The summed E-state index contributed by atoms with van der Waals surface area (Å²) in [4.78, 5) is 34.3. The molecule has 0 N–H and O–H groups in total. The lowest BCUT2D eigenvalue weighted by Gasteiger charge is -2.28. The fourth-order valence-electron chi connectivity index (χ4n) is 2.53. The van der Waals surface area contributed by atoms with Crippen LogP contribution in [0.15, 0.2) is 12.1 Å². The number of ketones is 1. The molecule has 0 radical (unpaired) electrons. The molecule has 0 aliphatic carbocycles. The summed E-state index contributed by atoms with van der Waals surface area (Å²) in [5.74, 6) is -0.560. The van der Waals surface area contributed by atoms with E-state index in [-0.39, 0.29) is 22.6 Å². The van der Waals surface area contributed by atoms with Crippen LogP contribution in [0.4, 0.5) is 17.1 Å². The van der Waals surface area contributed by atoms with Gasteiger partial charge in [-0.15, -0.1) is 0 Å². The van der Waals surface area contributed by atoms with Crippen molar-refractivity contribution < 1.29 is 14.6 Å². The quantitative estimate of drug-likeness (QED) is 0.480. The highest BCUT2D eigenvalue weighted by Crippen LogP contribution is 2.36. The molecule has 0 saturated carbocycles. The lowest BCUT2D eigenvalue weighted by Crippen LogP contribution is -2.30. The molecule has 0 unspecified atom stereocenters. The van der Waals surface area contributed by atoms with Crippen LogP contribution in [0.1, 0.15) is 36.5 Å². The Morgan fingerprint density at radius 2 is 1.62 bits per heavy atom. The van der Waals surface area contributed by atoms with Crippen molar-refractivity contribution in [3.63, 3.8) is 0 Å². The van der Waals surface area contributed by atoms with Crippen molar-refractivity contribution in [2.24, 2.45) is 0 Å². The van der Waals surface area contributed by atoms with Crippen LogP contribution < -0.4 is 4.90 Å². The second kappa shape index (κ2) is 5.86. The molecule has 0 amide bonds. The fourth-order valence-corrected chi connectivity index (χ4v) is 2.53. The van der Waals surface area contributed by atoms with Gasteiger partial charge in [0.1, 0.15) is 11.3 Å². The SMILES string of the molecule is CC(=O)c1cc([N+](=O)[O-])c(N2CCCCC2)cc1[N+](=O)[O-]. The average molecular weight is 293 g/mol. The Kier molecular flexibility index (Phi) is 4.15. The highest BCUT2D eigenvalue weighted by molar-refractivity contribution is 6.00. The minimum absolute atomic E-state index is 0.219. The summed E-state index contributed by atoms with van der Waals surface area (Å²) >= 11 is 0. The Hall–Kier alpha value is -2.51. The van der Waals surface area contributed by atoms with E-state index < -0.39 is 15.6 Å². The second-order valence-electron chi connectivity index (χ2n) is 4.98. The molecule has 8 nitrogen and oxygen atoms in total. The van der Waals surface area contributed by atoms with E-state index >= 15 is 0 Å². The largest absolute Gasteiger partial charge is 0.366 e. The van der Waals surface area contributed by atoms with E-state index in [0.717, 1.165) is 38.3 Å². The molecule has 0 atom stereocenters. The first-order valence-electron chi connectivity index (χ1n) is 6.64. The van der Waals surface area contributed by atoms with Crippen molar-refractivity contribution in [3.8, 4) is 0 Å². The topological polar surface area (TPSA) is 107 Å². The van der Waals surface area contributed by atoms with E-state index in [1.807, 2.05) is 0 Å². The van der Waals surface area contributed by atoms with Gasteiger partial charge < -0.3 is 4.90 Å². The molecule has 8 heteroatoms. The number of nitro groups is 2. The molecular weight excluding hydrogens is 278 g/mol. The van der Waals surface area contributed by atoms with Gasteiger partial charge in [-0.2, -0.15) is 0 Å². The van der Waals surface area contributed by atoms with Crippen molar-refractivity contribution in [1.29, 1.82) is 0 Å². The lowest BCUT2D eigenvalue weighted by atomic mass is 10.0. The smallest absolute Gasteiger partial charge is 0.293 e. The third-order valence-corrected chi connectivity index (χ3v) is 3.56. The lowest BCUT2D eigenvalue weighted by molar-refractivity contribution is -0.388. The molecule has 1 aromatic rings. The van der Waals surface area contributed by atoms with Crippen molar-refractivity contribution in [3.05, 3.63) is 37.9 Å². The molecule has 112 valence electrons. The molecule has 2 rings (SSSR count). The van der Waals surface area contributed by atoms with Gasteiger partial charge in [-0.25, -0.2) is 0 Å². The zero-order valence-electron chi connectivity index (χ0n) is 11.6. The third kappa shape index (κ3) is 2.99. The van der Waals surface area contributed by atoms with Gasteiger partial charge in [-0.05, 0) is 26.2 Å². The number of Topliss-reactive ketones (excluding diaryl/α,β-unsaturated/α-hetero) is 1. The Labute approximate surface area is 120 Å². The van der Waals surface area contributed by atoms with Gasteiger partial charge in [0.05, 0.1) is 9.85 Å². The average Bonchev–Trinajstić information content (AvgIpc) is 2.46. The highest BCUT2D eigenvalue weighted by atomic mass is 16.6. The van der Waals surface area contributed by atoms with E-state index in [0.29, 0.717) is 13.1 Å². The summed E-state index contributed by atoms with van der Waals surface area (Å²) in [7, 11) is 0. The van der Waals surface area contributed by atoms with E-state index in [1.165, 1.54) is 0 Å². The normalized spacial score (nSPS) is 14.8. The standard InChI is InChI=1S/C13H15N3O5/c1-9(17)10-7-13(16(20)21)12(8-11(10)15(18)19)14-5-3-2-4-6-14/h7-8H,2-6H2,1H3. The van der Waals surface area contributed by atoms with E-state index in [1.54, 1.807) is 4.90 Å². The molecule has 21 heavy (non-hydrogen) atoms. The number of carbonyl (C=O) groups excluding carboxylic acids is 1.